The van der Waals surface area contributed by atoms with Crippen LogP contribution in [-0.2, 0) is 13.3 Å². The van der Waals surface area contributed by atoms with Crippen LogP contribution >= 0.6 is 0 Å². The number of hydrogen-bond acceptors (Lipinski definition) is 3. The molecular formula is C15H34O3Si. The van der Waals surface area contributed by atoms with Crippen LogP contribution in [-0.4, -0.2) is 29.3 Å². The summed E-state index contributed by atoms with van der Waals surface area (Å²) in [6.07, 6.45) is 10.7. The minimum absolute atomic E-state index is 0.00899. The third-order valence-electron chi connectivity index (χ3n) is 3.69. The molecule has 0 amide bonds. The van der Waals surface area contributed by atoms with E-state index in [0.717, 1.165) is 19.3 Å². The molecule has 0 aliphatic rings. The van der Waals surface area contributed by atoms with Crippen molar-refractivity contribution in [3.63, 3.8) is 0 Å². The second-order valence-corrected chi connectivity index (χ2v) is 7.13. The minimum Gasteiger partial charge on any atom is -0.379 e. The molecule has 0 saturated heterocycles. The first-order valence-corrected chi connectivity index (χ1v) is 9.32. The van der Waals surface area contributed by atoms with E-state index in [4.69, 9.17) is 13.3 Å². The molecule has 0 aliphatic heterocycles. The first-order valence-electron chi connectivity index (χ1n) is 7.91. The topological polar surface area (TPSA) is 27.7 Å². The quantitative estimate of drug-likeness (QED) is 0.473. The van der Waals surface area contributed by atoms with Gasteiger partial charge in [0, 0.05) is 14.2 Å². The monoisotopic (exact) mass is 290 g/mol. The zero-order valence-electron chi connectivity index (χ0n) is 13.7. The fourth-order valence-corrected chi connectivity index (χ4v) is 3.59. The van der Waals surface area contributed by atoms with Gasteiger partial charge in [-0.3, -0.25) is 0 Å². The maximum absolute atomic E-state index is 6.34. The van der Waals surface area contributed by atoms with E-state index >= 15 is 0 Å². The first-order chi connectivity index (χ1) is 9.17. The molecule has 0 N–H and O–H groups in total. The third-order valence-corrected chi connectivity index (χ3v) is 5.15. The molecule has 0 aromatic rings. The van der Waals surface area contributed by atoms with E-state index in [1.165, 1.54) is 38.5 Å². The molecule has 4 heteroatoms. The predicted molar refractivity (Wildman–Crippen MR) is 83.6 cm³/mol. The van der Waals surface area contributed by atoms with Gasteiger partial charge in [-0.05, 0) is 19.3 Å². The van der Waals surface area contributed by atoms with Gasteiger partial charge in [0.15, 0.2) is 0 Å². The van der Waals surface area contributed by atoms with Gasteiger partial charge in [-0.1, -0.05) is 59.3 Å². The van der Waals surface area contributed by atoms with E-state index in [1.54, 1.807) is 14.2 Å². The largest absolute Gasteiger partial charge is 0.484 e. The SMILES string of the molecule is CCCCC(CCCC)(CCCC)O[SiH](OC)OC. The van der Waals surface area contributed by atoms with Gasteiger partial charge in [-0.15, -0.1) is 0 Å². The lowest BCUT2D eigenvalue weighted by molar-refractivity contribution is -0.0191. The summed E-state index contributed by atoms with van der Waals surface area (Å²) in [6.45, 7) is 6.73. The van der Waals surface area contributed by atoms with Crippen molar-refractivity contribution in [1.29, 1.82) is 0 Å². The summed E-state index contributed by atoms with van der Waals surface area (Å²) in [7, 11) is 1.45. The lowest BCUT2D eigenvalue weighted by Gasteiger charge is -2.36. The Morgan fingerprint density at radius 3 is 1.37 bits per heavy atom. The van der Waals surface area contributed by atoms with Crippen molar-refractivity contribution < 1.29 is 13.3 Å². The fraction of sp³-hybridized carbons (Fsp3) is 1.00. The molecule has 3 nitrogen and oxygen atoms in total. The average molecular weight is 291 g/mol. The van der Waals surface area contributed by atoms with Crippen LogP contribution < -0.4 is 0 Å². The molecule has 0 aliphatic carbocycles. The van der Waals surface area contributed by atoms with Crippen LogP contribution in [0.2, 0.25) is 0 Å². The summed E-state index contributed by atoms with van der Waals surface area (Å²) in [5, 5.41) is 0. The van der Waals surface area contributed by atoms with E-state index in [9.17, 15) is 0 Å². The van der Waals surface area contributed by atoms with Gasteiger partial charge in [0.05, 0.1) is 5.60 Å². The first kappa shape index (κ1) is 19.1. The van der Waals surface area contributed by atoms with Crippen LogP contribution in [0.4, 0.5) is 0 Å². The Labute approximate surface area is 122 Å². The number of rotatable bonds is 13. The Morgan fingerprint density at radius 2 is 1.11 bits per heavy atom. The van der Waals surface area contributed by atoms with E-state index in [1.807, 2.05) is 0 Å². The molecule has 19 heavy (non-hydrogen) atoms. The van der Waals surface area contributed by atoms with Gasteiger partial charge >= 0.3 is 9.53 Å². The molecular weight excluding hydrogens is 256 g/mol. The van der Waals surface area contributed by atoms with Crippen LogP contribution in [0.1, 0.15) is 78.6 Å². The molecule has 116 valence electrons. The van der Waals surface area contributed by atoms with Crippen LogP contribution in [0.5, 0.6) is 0 Å². The van der Waals surface area contributed by atoms with Crippen LogP contribution in [0, 0.1) is 0 Å². The van der Waals surface area contributed by atoms with Gasteiger partial charge in [-0.25, -0.2) is 0 Å². The Bertz CT molecular complexity index is 174. The standard InChI is InChI=1S/C15H34O3Si/c1-6-9-12-15(13-10-7-2,14-11-8-3)18-19(16-4)17-5/h19H,6-14H2,1-5H3. The van der Waals surface area contributed by atoms with Gasteiger partial charge in [0.1, 0.15) is 0 Å². The molecule has 0 bridgehead atoms. The van der Waals surface area contributed by atoms with Gasteiger partial charge in [0.25, 0.3) is 0 Å². The smallest absolute Gasteiger partial charge is 0.379 e. The Hall–Kier alpha value is 0.0969. The van der Waals surface area contributed by atoms with E-state index in [-0.39, 0.29) is 5.60 Å². The Morgan fingerprint density at radius 1 is 0.737 bits per heavy atom. The molecule has 0 spiro atoms. The van der Waals surface area contributed by atoms with Crippen molar-refractivity contribution in [3.8, 4) is 0 Å². The van der Waals surface area contributed by atoms with Gasteiger partial charge in [0.2, 0.25) is 0 Å². The summed E-state index contributed by atoms with van der Waals surface area (Å²) in [6, 6.07) is 0. The van der Waals surface area contributed by atoms with Gasteiger partial charge in [-0.2, -0.15) is 0 Å². The highest BCUT2D eigenvalue weighted by molar-refractivity contribution is 6.36. The maximum Gasteiger partial charge on any atom is 0.484 e. The minimum atomic E-state index is -1.95. The molecule has 0 aromatic heterocycles. The van der Waals surface area contributed by atoms with Crippen molar-refractivity contribution in [2.75, 3.05) is 14.2 Å². The van der Waals surface area contributed by atoms with E-state index in [0.29, 0.717) is 0 Å². The van der Waals surface area contributed by atoms with Crippen LogP contribution in [0.25, 0.3) is 0 Å². The van der Waals surface area contributed by atoms with Crippen LogP contribution in [0.15, 0.2) is 0 Å². The third kappa shape index (κ3) is 8.08. The summed E-state index contributed by atoms with van der Waals surface area (Å²) < 4.78 is 17.1. The summed E-state index contributed by atoms with van der Waals surface area (Å²) in [5.41, 5.74) is -0.00899. The molecule has 0 radical (unpaired) electrons. The zero-order chi connectivity index (χ0) is 14.6. The molecule has 0 atom stereocenters. The number of hydrogen-bond donors (Lipinski definition) is 0. The van der Waals surface area contributed by atoms with E-state index in [2.05, 4.69) is 20.8 Å². The lowest BCUT2D eigenvalue weighted by atomic mass is 9.86. The molecule has 0 aromatic carbocycles. The second kappa shape index (κ2) is 11.9. The fourth-order valence-electron chi connectivity index (χ4n) is 2.45. The van der Waals surface area contributed by atoms with Crippen molar-refractivity contribution >= 4 is 9.53 Å². The van der Waals surface area contributed by atoms with Crippen molar-refractivity contribution in [2.24, 2.45) is 0 Å². The highest BCUT2D eigenvalue weighted by Gasteiger charge is 2.33. The van der Waals surface area contributed by atoms with Crippen molar-refractivity contribution in [2.45, 2.75) is 84.2 Å². The predicted octanol–water partition coefficient (Wildman–Crippen LogP) is 4.32. The molecule has 0 heterocycles. The molecule has 0 saturated carbocycles. The van der Waals surface area contributed by atoms with Gasteiger partial charge < -0.3 is 13.3 Å². The summed E-state index contributed by atoms with van der Waals surface area (Å²) in [5.74, 6) is 0. The maximum atomic E-state index is 6.34. The van der Waals surface area contributed by atoms with E-state index < -0.39 is 9.53 Å². The Balaban J connectivity index is 4.74. The molecule has 0 unspecified atom stereocenters. The highest BCUT2D eigenvalue weighted by Crippen LogP contribution is 2.32. The summed E-state index contributed by atoms with van der Waals surface area (Å²) >= 11 is 0. The van der Waals surface area contributed by atoms with Crippen molar-refractivity contribution in [3.05, 3.63) is 0 Å². The normalized spacial score (nSPS) is 12.3. The lowest BCUT2D eigenvalue weighted by Crippen LogP contribution is -2.41. The summed E-state index contributed by atoms with van der Waals surface area (Å²) in [4.78, 5) is 0. The van der Waals surface area contributed by atoms with Crippen molar-refractivity contribution in [1.82, 2.24) is 0 Å². The molecule has 0 fully saturated rings. The average Bonchev–Trinajstić information content (AvgIpc) is 2.45. The second-order valence-electron chi connectivity index (χ2n) is 5.37. The zero-order valence-corrected chi connectivity index (χ0v) is 14.8. The molecule has 0 rings (SSSR count). The highest BCUT2D eigenvalue weighted by atomic mass is 28.3. The number of unbranched alkanes of at least 4 members (excludes halogenated alkanes) is 3. The van der Waals surface area contributed by atoms with Crippen LogP contribution in [0.3, 0.4) is 0 Å². The Kier molecular flexibility index (Phi) is 11.9.